The number of hydrogen-bond donors (Lipinski definition) is 2. The Morgan fingerprint density at radius 3 is 2.19 bits per heavy atom. The molecule has 43 heavy (non-hydrogen) atoms. The first-order valence-corrected chi connectivity index (χ1v) is 14.1. The van der Waals surface area contributed by atoms with Gasteiger partial charge in [0, 0.05) is 19.5 Å². The molecule has 2 N–H and O–H groups in total. The number of carboxylic acid groups (broad SMARTS) is 2. The van der Waals surface area contributed by atoms with Gasteiger partial charge in [0.25, 0.3) is 0 Å². The summed E-state index contributed by atoms with van der Waals surface area (Å²) >= 11 is 0. The molecule has 0 saturated heterocycles. The predicted octanol–water partition coefficient (Wildman–Crippen LogP) is 7.74. The van der Waals surface area contributed by atoms with Crippen molar-refractivity contribution in [3.8, 4) is 11.5 Å². The maximum Gasteiger partial charge on any atom is 0.335 e. The van der Waals surface area contributed by atoms with E-state index in [-0.39, 0.29) is 18.1 Å². The number of unbranched alkanes of at least 4 members (excludes halogenated alkanes) is 1. The highest BCUT2D eigenvalue weighted by atomic mass is 16.5. The molecule has 220 valence electrons. The van der Waals surface area contributed by atoms with Crippen LogP contribution in [0.15, 0.2) is 103 Å². The van der Waals surface area contributed by atoms with Gasteiger partial charge in [-0.15, -0.1) is 0 Å². The van der Waals surface area contributed by atoms with Gasteiger partial charge in [-0.3, -0.25) is 9.69 Å². The Morgan fingerprint density at radius 2 is 1.51 bits per heavy atom. The van der Waals surface area contributed by atoms with E-state index in [9.17, 15) is 14.7 Å². The molecule has 0 aliphatic rings. The molecule has 0 heterocycles. The molecule has 0 radical (unpaired) electrons. The minimum atomic E-state index is -0.982. The maximum atomic E-state index is 11.3. The molecule has 0 aromatic heterocycles. The van der Waals surface area contributed by atoms with Crippen molar-refractivity contribution in [2.45, 2.75) is 38.5 Å². The first-order chi connectivity index (χ1) is 20.9. The molecule has 4 rings (SSSR count). The number of rotatable bonds is 16. The Bertz CT molecular complexity index is 1510. The van der Waals surface area contributed by atoms with Gasteiger partial charge in [0.2, 0.25) is 0 Å². The maximum absolute atomic E-state index is 11.3. The lowest BCUT2D eigenvalue weighted by molar-refractivity contribution is -0.137. The third kappa shape index (κ3) is 10.1. The molecule has 0 unspecified atom stereocenters. The summed E-state index contributed by atoms with van der Waals surface area (Å²) in [6, 6.07) is 31.4. The summed E-state index contributed by atoms with van der Waals surface area (Å²) in [5.74, 6) is -0.330. The number of carboxylic acids is 2. The molecule has 0 aliphatic heterocycles. The number of nitrogens with zero attached hydrogens (tertiary/aromatic N) is 2. The Labute approximate surface area is 251 Å². The second-order valence-electron chi connectivity index (χ2n) is 10.2. The summed E-state index contributed by atoms with van der Waals surface area (Å²) < 4.78 is 12.4. The van der Waals surface area contributed by atoms with E-state index in [1.54, 1.807) is 30.3 Å². The van der Waals surface area contributed by atoms with Crippen LogP contribution in [0.25, 0.3) is 4.85 Å². The van der Waals surface area contributed by atoms with Gasteiger partial charge in [-0.05, 0) is 72.5 Å². The van der Waals surface area contributed by atoms with Crippen molar-refractivity contribution in [2.75, 3.05) is 13.1 Å². The Balaban J connectivity index is 1.50. The molecule has 8 heteroatoms. The molecule has 0 bridgehead atoms. The SMILES string of the molecule is [C-]#[N+]c1cccc([C@H](CN(CCCCC(=O)O)Cc2ccc(C(=O)O)cc2)OCc2ccc(Oc3ccccc3)cc2)c1. The van der Waals surface area contributed by atoms with Crippen LogP contribution in [-0.2, 0) is 22.7 Å². The van der Waals surface area contributed by atoms with Crippen LogP contribution in [0.1, 0.15) is 52.4 Å². The largest absolute Gasteiger partial charge is 0.481 e. The van der Waals surface area contributed by atoms with Crippen LogP contribution in [0, 0.1) is 6.57 Å². The fraction of sp³-hybridized carbons (Fsp3) is 0.229. The van der Waals surface area contributed by atoms with E-state index in [2.05, 4.69) is 9.74 Å². The number of carbonyl (C=O) groups is 2. The van der Waals surface area contributed by atoms with Crippen molar-refractivity contribution >= 4 is 17.6 Å². The second-order valence-corrected chi connectivity index (χ2v) is 10.2. The van der Waals surface area contributed by atoms with Gasteiger partial charge in [0.15, 0.2) is 5.69 Å². The first kappa shape index (κ1) is 31.0. The van der Waals surface area contributed by atoms with Crippen molar-refractivity contribution in [2.24, 2.45) is 0 Å². The van der Waals surface area contributed by atoms with E-state index in [4.69, 9.17) is 21.2 Å². The highest BCUT2D eigenvalue weighted by molar-refractivity contribution is 5.87. The van der Waals surface area contributed by atoms with Gasteiger partial charge < -0.3 is 19.7 Å². The van der Waals surface area contributed by atoms with Crippen LogP contribution >= 0.6 is 0 Å². The summed E-state index contributed by atoms with van der Waals surface area (Å²) in [7, 11) is 0. The second kappa shape index (κ2) is 15.9. The average Bonchev–Trinajstić information content (AvgIpc) is 3.02. The van der Waals surface area contributed by atoms with Gasteiger partial charge >= 0.3 is 11.9 Å². The molecule has 0 amide bonds. The molecular weight excluding hydrogens is 544 g/mol. The lowest BCUT2D eigenvalue weighted by Gasteiger charge is -2.28. The minimum absolute atomic E-state index is 0.0953. The third-order valence-corrected chi connectivity index (χ3v) is 6.87. The van der Waals surface area contributed by atoms with Crippen LogP contribution in [0.4, 0.5) is 5.69 Å². The van der Waals surface area contributed by atoms with Crippen molar-refractivity contribution in [1.29, 1.82) is 0 Å². The van der Waals surface area contributed by atoms with Gasteiger partial charge in [0.1, 0.15) is 11.5 Å². The quantitative estimate of drug-likeness (QED) is 0.104. The predicted molar refractivity (Wildman–Crippen MR) is 163 cm³/mol. The third-order valence-electron chi connectivity index (χ3n) is 6.87. The number of aliphatic carboxylic acids is 1. The van der Waals surface area contributed by atoms with Crippen LogP contribution in [0.2, 0.25) is 0 Å². The van der Waals surface area contributed by atoms with Crippen LogP contribution in [0.3, 0.4) is 0 Å². The number of aromatic carboxylic acids is 1. The fourth-order valence-electron chi connectivity index (χ4n) is 4.62. The van der Waals surface area contributed by atoms with Crippen molar-refractivity contribution < 1.29 is 29.3 Å². The highest BCUT2D eigenvalue weighted by Gasteiger charge is 2.19. The summed E-state index contributed by atoms with van der Waals surface area (Å²) in [5.41, 5.74) is 3.50. The first-order valence-electron chi connectivity index (χ1n) is 14.1. The standard InChI is InChI=1S/C35H34N2O6/c1-36-30-9-7-8-29(22-30)33(42-25-27-15-19-32(20-16-27)43-31-10-3-2-4-11-31)24-37(21-6-5-12-34(38)39)23-26-13-17-28(18-14-26)35(40)41/h2-4,7-11,13-20,22,33H,5-6,12,21,23-25H2,(H,38,39)(H,40,41)/t33-/m0/s1. The number of ether oxygens (including phenoxy) is 2. The molecule has 0 aliphatic carbocycles. The Kier molecular flexibility index (Phi) is 11.4. The van der Waals surface area contributed by atoms with E-state index < -0.39 is 11.9 Å². The van der Waals surface area contributed by atoms with E-state index in [0.29, 0.717) is 44.8 Å². The Morgan fingerprint density at radius 1 is 0.814 bits per heavy atom. The molecule has 0 fully saturated rings. The summed E-state index contributed by atoms with van der Waals surface area (Å²) in [5, 5.41) is 18.3. The summed E-state index contributed by atoms with van der Waals surface area (Å²) in [4.78, 5) is 28.1. The van der Waals surface area contributed by atoms with Gasteiger partial charge in [0.05, 0.1) is 24.8 Å². The molecule has 4 aromatic carbocycles. The van der Waals surface area contributed by atoms with E-state index in [0.717, 1.165) is 28.2 Å². The smallest absolute Gasteiger partial charge is 0.335 e. The van der Waals surface area contributed by atoms with Crippen LogP contribution in [-0.4, -0.2) is 40.1 Å². The molecule has 0 saturated carbocycles. The number of hydrogen-bond acceptors (Lipinski definition) is 5. The van der Waals surface area contributed by atoms with Crippen molar-refractivity contribution in [1.82, 2.24) is 4.90 Å². The minimum Gasteiger partial charge on any atom is -0.481 e. The fourth-order valence-corrected chi connectivity index (χ4v) is 4.62. The van der Waals surface area contributed by atoms with Gasteiger partial charge in [-0.1, -0.05) is 66.7 Å². The van der Waals surface area contributed by atoms with Crippen molar-refractivity contribution in [3.63, 3.8) is 0 Å². The molecule has 0 spiro atoms. The normalized spacial score (nSPS) is 11.5. The summed E-state index contributed by atoms with van der Waals surface area (Å²) in [6.45, 7) is 9.45. The molecular formula is C35H34N2O6. The van der Waals surface area contributed by atoms with Gasteiger partial charge in [-0.2, -0.15) is 0 Å². The lowest BCUT2D eigenvalue weighted by atomic mass is 10.1. The summed E-state index contributed by atoms with van der Waals surface area (Å²) in [6.07, 6.45) is 0.939. The zero-order valence-corrected chi connectivity index (χ0v) is 23.8. The van der Waals surface area contributed by atoms with E-state index in [1.165, 1.54) is 0 Å². The number of benzene rings is 4. The zero-order chi connectivity index (χ0) is 30.4. The van der Waals surface area contributed by atoms with Crippen LogP contribution in [0.5, 0.6) is 11.5 Å². The molecule has 1 atom stereocenters. The lowest BCUT2D eigenvalue weighted by Crippen LogP contribution is -2.30. The highest BCUT2D eigenvalue weighted by Crippen LogP contribution is 2.27. The average molecular weight is 579 g/mol. The monoisotopic (exact) mass is 578 g/mol. The van der Waals surface area contributed by atoms with E-state index >= 15 is 0 Å². The van der Waals surface area contributed by atoms with Gasteiger partial charge in [-0.25, -0.2) is 9.64 Å². The zero-order valence-electron chi connectivity index (χ0n) is 23.8. The molecule has 8 nitrogen and oxygen atoms in total. The van der Waals surface area contributed by atoms with Crippen LogP contribution < -0.4 is 4.74 Å². The van der Waals surface area contributed by atoms with E-state index in [1.807, 2.05) is 72.8 Å². The topological polar surface area (TPSA) is 101 Å². The number of para-hydroxylation sites is 1. The Hall–Kier alpha value is -4.97. The van der Waals surface area contributed by atoms with Crippen molar-refractivity contribution in [3.05, 3.63) is 137 Å². The molecule has 4 aromatic rings.